The average molecular weight is 362 g/mol. The maximum atomic E-state index is 14.6. The number of aromatic amines is 1. The van der Waals surface area contributed by atoms with Crippen molar-refractivity contribution in [3.63, 3.8) is 0 Å². The molecule has 1 aromatic heterocycles. The first-order valence-electron chi connectivity index (χ1n) is 8.83. The zero-order chi connectivity index (χ0) is 18.7. The van der Waals surface area contributed by atoms with Crippen LogP contribution in [-0.4, -0.2) is 20.2 Å². The minimum Gasteiger partial charge on any atom is -0.276 e. The first-order valence-corrected chi connectivity index (χ1v) is 8.83. The van der Waals surface area contributed by atoms with E-state index in [4.69, 9.17) is 0 Å². The summed E-state index contributed by atoms with van der Waals surface area (Å²) in [5.41, 5.74) is 5.37. The third kappa shape index (κ3) is 2.22. The predicted molar refractivity (Wildman–Crippen MR) is 99.3 cm³/mol. The number of fused-ring (bicyclic) bond motifs is 2. The summed E-state index contributed by atoms with van der Waals surface area (Å²) in [4.78, 5) is 9.01. The van der Waals surface area contributed by atoms with E-state index < -0.39 is 11.6 Å². The van der Waals surface area contributed by atoms with E-state index >= 15 is 0 Å². The van der Waals surface area contributed by atoms with E-state index in [0.717, 1.165) is 27.7 Å². The van der Waals surface area contributed by atoms with Gasteiger partial charge in [0.15, 0.2) is 0 Å². The number of halogens is 2. The Morgan fingerprint density at radius 3 is 2.48 bits per heavy atom. The summed E-state index contributed by atoms with van der Waals surface area (Å²) < 4.78 is 29.1. The van der Waals surface area contributed by atoms with E-state index in [-0.39, 0.29) is 17.4 Å². The van der Waals surface area contributed by atoms with Crippen molar-refractivity contribution in [3.05, 3.63) is 71.3 Å². The van der Waals surface area contributed by atoms with Gasteiger partial charge in [-0.05, 0) is 23.6 Å². The number of nitrogens with one attached hydrogen (secondary N) is 1. The Kier molecular flexibility index (Phi) is 3.37. The fourth-order valence-corrected chi connectivity index (χ4v) is 3.98. The van der Waals surface area contributed by atoms with Gasteiger partial charge in [0.05, 0.1) is 23.0 Å². The lowest BCUT2D eigenvalue weighted by Gasteiger charge is -2.26. The molecule has 1 N–H and O–H groups in total. The lowest BCUT2D eigenvalue weighted by Crippen LogP contribution is -2.12. The van der Waals surface area contributed by atoms with Crippen LogP contribution in [0.5, 0.6) is 0 Å². The summed E-state index contributed by atoms with van der Waals surface area (Å²) >= 11 is 0. The molecule has 0 saturated carbocycles. The fraction of sp³-hybridized carbons (Fsp3) is 0.190. The van der Waals surface area contributed by atoms with E-state index in [2.05, 4.69) is 34.0 Å². The van der Waals surface area contributed by atoms with Crippen molar-refractivity contribution in [1.82, 2.24) is 20.2 Å². The van der Waals surface area contributed by atoms with Crippen LogP contribution in [-0.2, 0) is 0 Å². The Balaban J connectivity index is 1.90. The summed E-state index contributed by atoms with van der Waals surface area (Å²) in [5.74, 6) is -1.03. The molecule has 134 valence electrons. The van der Waals surface area contributed by atoms with Crippen molar-refractivity contribution in [2.45, 2.75) is 19.8 Å². The zero-order valence-corrected chi connectivity index (χ0v) is 14.8. The van der Waals surface area contributed by atoms with Gasteiger partial charge in [0.25, 0.3) is 0 Å². The number of hydrogen-bond acceptors (Lipinski definition) is 3. The third-order valence-electron chi connectivity index (χ3n) is 5.24. The van der Waals surface area contributed by atoms with Crippen LogP contribution in [0, 0.1) is 17.6 Å². The molecular formula is C21H16F2N4. The van der Waals surface area contributed by atoms with Crippen LogP contribution in [0.3, 0.4) is 0 Å². The van der Waals surface area contributed by atoms with Gasteiger partial charge in [0.1, 0.15) is 17.2 Å². The molecule has 0 fully saturated rings. The van der Waals surface area contributed by atoms with Crippen molar-refractivity contribution in [2.24, 2.45) is 5.92 Å². The SMILES string of the molecule is CC(C)C1C=C(c2c(F)cccc2F)c2ncc3cnc4cn[nH]c4c1c2-3. The standard InChI is InChI=1S/C21H16F2N4/c1-10(2)12-6-13(18-14(22)4-3-5-15(18)23)20-17-11(8-25-20)7-24-16-9-26-27-21(16)19(12)17/h3-10,12H,1-2H3,(H,26,27). The number of nitrogens with zero attached hydrogens (tertiary/aromatic N) is 3. The van der Waals surface area contributed by atoms with Crippen molar-refractivity contribution < 1.29 is 8.78 Å². The number of H-pyrrole nitrogens is 1. The smallest absolute Gasteiger partial charge is 0.134 e. The summed E-state index contributed by atoms with van der Waals surface area (Å²) in [5, 5.41) is 7.18. The second-order valence-corrected chi connectivity index (χ2v) is 7.19. The van der Waals surface area contributed by atoms with E-state index in [1.54, 1.807) is 18.6 Å². The first kappa shape index (κ1) is 16.1. The molecule has 1 atom stereocenters. The van der Waals surface area contributed by atoms with Gasteiger partial charge in [0.2, 0.25) is 0 Å². The molecular weight excluding hydrogens is 346 g/mol. The Morgan fingerprint density at radius 2 is 1.74 bits per heavy atom. The monoisotopic (exact) mass is 362 g/mol. The molecule has 2 aromatic rings. The highest BCUT2D eigenvalue weighted by molar-refractivity contribution is 5.97. The number of rotatable bonds is 2. The van der Waals surface area contributed by atoms with Gasteiger partial charge in [-0.15, -0.1) is 0 Å². The molecule has 4 nitrogen and oxygen atoms in total. The van der Waals surface area contributed by atoms with Crippen molar-refractivity contribution in [2.75, 3.05) is 0 Å². The van der Waals surface area contributed by atoms with Gasteiger partial charge in [-0.25, -0.2) is 8.78 Å². The molecule has 27 heavy (non-hydrogen) atoms. The predicted octanol–water partition coefficient (Wildman–Crippen LogP) is 4.92. The van der Waals surface area contributed by atoms with Gasteiger partial charge in [-0.1, -0.05) is 26.0 Å². The van der Waals surface area contributed by atoms with Gasteiger partial charge < -0.3 is 0 Å². The lowest BCUT2D eigenvalue weighted by molar-refractivity contribution is 0.569. The maximum Gasteiger partial charge on any atom is 0.134 e. The molecule has 0 radical (unpaired) electrons. The van der Waals surface area contributed by atoms with Gasteiger partial charge in [-0.2, -0.15) is 5.10 Å². The molecule has 2 aliphatic heterocycles. The molecule has 1 aliphatic carbocycles. The van der Waals surface area contributed by atoms with Crippen molar-refractivity contribution >= 4 is 16.6 Å². The largest absolute Gasteiger partial charge is 0.276 e. The summed E-state index contributed by atoms with van der Waals surface area (Å²) in [7, 11) is 0. The quantitative estimate of drug-likeness (QED) is 0.551. The Bertz CT molecular complexity index is 1170. The fourth-order valence-electron chi connectivity index (χ4n) is 3.98. The lowest BCUT2D eigenvalue weighted by atomic mass is 9.77. The molecule has 3 heterocycles. The second kappa shape index (κ2) is 5.67. The van der Waals surface area contributed by atoms with E-state index in [9.17, 15) is 8.78 Å². The third-order valence-corrected chi connectivity index (χ3v) is 5.24. The average Bonchev–Trinajstić information content (AvgIpc) is 3.23. The highest BCUT2D eigenvalue weighted by atomic mass is 19.1. The number of hydrogen-bond donors (Lipinski definition) is 1. The van der Waals surface area contributed by atoms with Crippen LogP contribution in [0.15, 0.2) is 42.9 Å². The van der Waals surface area contributed by atoms with Gasteiger partial charge in [0, 0.05) is 35.0 Å². The Morgan fingerprint density at radius 1 is 1.00 bits per heavy atom. The van der Waals surface area contributed by atoms with Crippen molar-refractivity contribution in [1.29, 1.82) is 0 Å². The summed E-state index contributed by atoms with van der Waals surface area (Å²) in [6.07, 6.45) is 7.06. The first-order chi connectivity index (χ1) is 13.1. The topological polar surface area (TPSA) is 54.5 Å². The van der Waals surface area contributed by atoms with Crippen LogP contribution < -0.4 is 0 Å². The molecule has 1 unspecified atom stereocenters. The molecule has 0 spiro atoms. The summed E-state index contributed by atoms with van der Waals surface area (Å²) in [6.45, 7) is 4.18. The number of benzene rings is 1. The molecule has 0 bridgehead atoms. The van der Waals surface area contributed by atoms with Crippen LogP contribution >= 0.6 is 0 Å². The minimum absolute atomic E-state index is 0.0332. The van der Waals surface area contributed by atoms with Gasteiger partial charge in [-0.3, -0.25) is 15.1 Å². The number of allylic oxidation sites excluding steroid dienone is 1. The van der Waals surface area contributed by atoms with E-state index in [0.29, 0.717) is 11.3 Å². The van der Waals surface area contributed by atoms with Crippen LogP contribution in [0.25, 0.3) is 27.7 Å². The maximum absolute atomic E-state index is 14.6. The summed E-state index contributed by atoms with van der Waals surface area (Å²) in [6, 6.07) is 3.93. The molecule has 1 aromatic carbocycles. The molecule has 5 rings (SSSR count). The van der Waals surface area contributed by atoms with Gasteiger partial charge >= 0.3 is 0 Å². The van der Waals surface area contributed by atoms with E-state index in [1.165, 1.54) is 18.2 Å². The molecule has 3 aliphatic rings. The van der Waals surface area contributed by atoms with Crippen LogP contribution in [0.4, 0.5) is 8.78 Å². The molecule has 6 heteroatoms. The second-order valence-electron chi connectivity index (χ2n) is 7.19. The molecule has 0 amide bonds. The van der Waals surface area contributed by atoms with E-state index in [1.807, 2.05) is 6.08 Å². The Hall–Kier alpha value is -3.15. The van der Waals surface area contributed by atoms with Crippen molar-refractivity contribution in [3.8, 4) is 11.1 Å². The van der Waals surface area contributed by atoms with Crippen LogP contribution in [0.1, 0.15) is 36.6 Å². The normalized spacial score (nSPS) is 16.3. The Labute approximate surface area is 154 Å². The van der Waals surface area contributed by atoms with Crippen LogP contribution in [0.2, 0.25) is 0 Å². The number of aromatic nitrogens is 4. The zero-order valence-electron chi connectivity index (χ0n) is 14.8. The molecule has 0 saturated heterocycles. The highest BCUT2D eigenvalue weighted by Gasteiger charge is 2.33. The minimum atomic E-state index is -0.589. The highest BCUT2D eigenvalue weighted by Crippen LogP contribution is 2.48.